The topological polar surface area (TPSA) is 46.4 Å². The lowest BCUT2D eigenvalue weighted by molar-refractivity contribution is -0.121. The molecule has 0 radical (unpaired) electrons. The lowest BCUT2D eigenvalue weighted by atomic mass is 9.94. The van der Waals surface area contributed by atoms with E-state index in [2.05, 4.69) is 23.3 Å². The number of aryl methyl sites for hydroxylation is 1. The van der Waals surface area contributed by atoms with Crippen LogP contribution in [-0.4, -0.2) is 21.3 Å². The second-order valence-corrected chi connectivity index (χ2v) is 6.01. The number of allylic oxidation sites excluding steroid dienone is 1. The predicted octanol–water partition coefficient (Wildman–Crippen LogP) is 3.27. The molecule has 0 spiro atoms. The van der Waals surface area contributed by atoms with E-state index in [1.54, 1.807) is 0 Å². The molecule has 3 rings (SSSR count). The van der Waals surface area contributed by atoms with Crippen molar-refractivity contribution in [2.75, 3.05) is 0 Å². The molecule has 0 unspecified atom stereocenters. The first kappa shape index (κ1) is 14.8. The van der Waals surface area contributed by atoms with E-state index in [0.717, 1.165) is 24.2 Å². The Labute approximate surface area is 131 Å². The van der Waals surface area contributed by atoms with Crippen LogP contribution in [0.3, 0.4) is 0 Å². The van der Waals surface area contributed by atoms with Gasteiger partial charge in [0.05, 0.1) is 5.69 Å². The summed E-state index contributed by atoms with van der Waals surface area (Å²) in [6.45, 7) is 2.08. The second-order valence-electron chi connectivity index (χ2n) is 6.01. The molecule has 1 aliphatic rings. The normalized spacial score (nSPS) is 16.3. The number of carbonyl (C=O) groups excluding carboxylic acids is 1. The number of imidazole rings is 1. The number of nitrogens with zero attached hydrogens (tertiary/aromatic N) is 2. The first-order valence-corrected chi connectivity index (χ1v) is 8.13. The van der Waals surface area contributed by atoms with Crippen molar-refractivity contribution < 1.29 is 4.79 Å². The molecule has 0 saturated carbocycles. The van der Waals surface area contributed by atoms with Crippen molar-refractivity contribution in [3.63, 3.8) is 0 Å². The third kappa shape index (κ3) is 3.56. The third-order valence-electron chi connectivity index (χ3n) is 4.28. The maximum Gasteiger partial charge on any atom is 0.220 e. The van der Waals surface area contributed by atoms with Gasteiger partial charge in [0.1, 0.15) is 5.65 Å². The van der Waals surface area contributed by atoms with E-state index < -0.39 is 0 Å². The van der Waals surface area contributed by atoms with E-state index in [9.17, 15) is 4.79 Å². The maximum absolute atomic E-state index is 12.1. The summed E-state index contributed by atoms with van der Waals surface area (Å²) >= 11 is 0. The van der Waals surface area contributed by atoms with Crippen LogP contribution in [0, 0.1) is 0 Å². The summed E-state index contributed by atoms with van der Waals surface area (Å²) < 4.78 is 1.99. The highest BCUT2D eigenvalue weighted by Crippen LogP contribution is 2.20. The molecular formula is C18H23N3O. The molecule has 2 aromatic heterocycles. The van der Waals surface area contributed by atoms with Gasteiger partial charge in [0.15, 0.2) is 0 Å². The molecule has 0 aliphatic heterocycles. The standard InChI is InChI=1S/C18H23N3O/c1-14(15-7-3-2-4-8-15)19-18(22)11-10-16-13-21-12-6-5-9-17(21)20-16/h5-7,9,12-14H,2-4,8,10-11H2,1H3,(H,19,22)/t14-/m1/s1. The number of aromatic nitrogens is 2. The largest absolute Gasteiger partial charge is 0.350 e. The Kier molecular flexibility index (Phi) is 4.56. The summed E-state index contributed by atoms with van der Waals surface area (Å²) in [5.74, 6) is 0.107. The Hall–Kier alpha value is -2.10. The summed E-state index contributed by atoms with van der Waals surface area (Å²) in [5.41, 5.74) is 3.27. The van der Waals surface area contributed by atoms with Crippen LogP contribution in [0.25, 0.3) is 5.65 Å². The van der Waals surface area contributed by atoms with E-state index >= 15 is 0 Å². The summed E-state index contributed by atoms with van der Waals surface area (Å²) in [6, 6.07) is 6.08. The fourth-order valence-corrected chi connectivity index (χ4v) is 3.01. The first-order valence-electron chi connectivity index (χ1n) is 8.13. The highest BCUT2D eigenvalue weighted by molar-refractivity contribution is 5.76. The van der Waals surface area contributed by atoms with Crippen molar-refractivity contribution in [3.05, 3.63) is 47.9 Å². The number of carbonyl (C=O) groups is 1. The van der Waals surface area contributed by atoms with Crippen LogP contribution < -0.4 is 5.32 Å². The molecule has 1 atom stereocenters. The molecule has 4 heteroatoms. The highest BCUT2D eigenvalue weighted by atomic mass is 16.1. The molecule has 1 N–H and O–H groups in total. The maximum atomic E-state index is 12.1. The van der Waals surface area contributed by atoms with Crippen molar-refractivity contribution in [1.82, 2.24) is 14.7 Å². The molecule has 1 aliphatic carbocycles. The van der Waals surface area contributed by atoms with Gasteiger partial charge in [-0.1, -0.05) is 17.7 Å². The molecule has 0 aromatic carbocycles. The molecule has 0 bridgehead atoms. The van der Waals surface area contributed by atoms with Crippen molar-refractivity contribution in [3.8, 4) is 0 Å². The number of pyridine rings is 1. The van der Waals surface area contributed by atoms with Gasteiger partial charge in [-0.25, -0.2) is 4.98 Å². The molecule has 22 heavy (non-hydrogen) atoms. The average molecular weight is 297 g/mol. The summed E-state index contributed by atoms with van der Waals surface area (Å²) in [6.07, 6.45) is 12.2. The van der Waals surface area contributed by atoms with Gasteiger partial charge in [-0.15, -0.1) is 0 Å². The Morgan fingerprint density at radius 1 is 1.41 bits per heavy atom. The third-order valence-corrected chi connectivity index (χ3v) is 4.28. The zero-order valence-corrected chi connectivity index (χ0v) is 13.1. The van der Waals surface area contributed by atoms with E-state index in [4.69, 9.17) is 0 Å². The SMILES string of the molecule is C[C@@H](NC(=O)CCc1cn2ccccc2n1)C1=CCCCC1. The number of fused-ring (bicyclic) bond motifs is 1. The quantitative estimate of drug-likeness (QED) is 0.861. The number of amides is 1. The molecule has 0 fully saturated rings. The number of hydrogen-bond acceptors (Lipinski definition) is 2. The fourth-order valence-electron chi connectivity index (χ4n) is 3.01. The molecular weight excluding hydrogens is 274 g/mol. The fraction of sp³-hybridized carbons (Fsp3) is 0.444. The van der Waals surface area contributed by atoms with Gasteiger partial charge in [0.25, 0.3) is 0 Å². The number of hydrogen-bond donors (Lipinski definition) is 1. The van der Waals surface area contributed by atoms with Crippen LogP contribution in [0.5, 0.6) is 0 Å². The van der Waals surface area contributed by atoms with Crippen LogP contribution in [-0.2, 0) is 11.2 Å². The molecule has 0 saturated heterocycles. The lowest BCUT2D eigenvalue weighted by Crippen LogP contribution is -2.34. The minimum Gasteiger partial charge on any atom is -0.350 e. The van der Waals surface area contributed by atoms with Crippen molar-refractivity contribution in [2.24, 2.45) is 0 Å². The van der Waals surface area contributed by atoms with E-state index in [1.165, 1.54) is 18.4 Å². The van der Waals surface area contributed by atoms with E-state index in [0.29, 0.717) is 12.8 Å². The van der Waals surface area contributed by atoms with Gasteiger partial charge in [-0.3, -0.25) is 4.79 Å². The summed E-state index contributed by atoms with van der Waals surface area (Å²) in [5, 5.41) is 3.11. The zero-order valence-electron chi connectivity index (χ0n) is 13.1. The van der Waals surface area contributed by atoms with Gasteiger partial charge >= 0.3 is 0 Å². The Morgan fingerprint density at radius 2 is 2.32 bits per heavy atom. The minimum atomic E-state index is 0.107. The van der Waals surface area contributed by atoms with Crippen molar-refractivity contribution >= 4 is 11.6 Å². The predicted molar refractivity (Wildman–Crippen MR) is 87.7 cm³/mol. The molecule has 2 heterocycles. The summed E-state index contributed by atoms with van der Waals surface area (Å²) in [7, 11) is 0. The van der Waals surface area contributed by atoms with Gasteiger partial charge < -0.3 is 9.72 Å². The number of rotatable bonds is 5. The monoisotopic (exact) mass is 297 g/mol. The van der Waals surface area contributed by atoms with E-state index in [-0.39, 0.29) is 11.9 Å². The number of nitrogens with one attached hydrogen (secondary N) is 1. The van der Waals surface area contributed by atoms with Crippen molar-refractivity contribution in [1.29, 1.82) is 0 Å². The Morgan fingerprint density at radius 3 is 3.09 bits per heavy atom. The molecule has 1 amide bonds. The van der Waals surface area contributed by atoms with Crippen LogP contribution in [0.2, 0.25) is 0 Å². The minimum absolute atomic E-state index is 0.107. The molecule has 2 aromatic rings. The Bertz CT molecular complexity index is 653. The zero-order chi connectivity index (χ0) is 15.4. The van der Waals surface area contributed by atoms with Gasteiger partial charge in [0.2, 0.25) is 5.91 Å². The smallest absolute Gasteiger partial charge is 0.220 e. The van der Waals surface area contributed by atoms with Gasteiger partial charge in [-0.05, 0) is 51.2 Å². The average Bonchev–Trinajstić information content (AvgIpc) is 2.96. The Balaban J connectivity index is 1.52. The van der Waals surface area contributed by atoms with Gasteiger partial charge in [-0.2, -0.15) is 0 Å². The van der Waals surface area contributed by atoms with E-state index in [1.807, 2.05) is 35.0 Å². The first-order chi connectivity index (χ1) is 10.7. The van der Waals surface area contributed by atoms with Crippen LogP contribution in [0.4, 0.5) is 0 Å². The van der Waals surface area contributed by atoms with Gasteiger partial charge in [0, 0.05) is 24.9 Å². The molecule has 116 valence electrons. The van der Waals surface area contributed by atoms with Crippen LogP contribution >= 0.6 is 0 Å². The summed E-state index contributed by atoms with van der Waals surface area (Å²) in [4.78, 5) is 16.6. The van der Waals surface area contributed by atoms with Crippen molar-refractivity contribution in [2.45, 2.75) is 51.5 Å². The van der Waals surface area contributed by atoms with Crippen LogP contribution in [0.15, 0.2) is 42.2 Å². The highest BCUT2D eigenvalue weighted by Gasteiger charge is 2.14. The van der Waals surface area contributed by atoms with Crippen LogP contribution in [0.1, 0.15) is 44.7 Å². The lowest BCUT2D eigenvalue weighted by Gasteiger charge is -2.20. The second kappa shape index (κ2) is 6.77. The molecule has 4 nitrogen and oxygen atoms in total.